The van der Waals surface area contributed by atoms with E-state index in [0.717, 1.165) is 22.8 Å². The fourth-order valence-electron chi connectivity index (χ4n) is 2.95. The Balaban J connectivity index is 1.82. The molecule has 6 nitrogen and oxygen atoms in total. The van der Waals surface area contributed by atoms with E-state index in [2.05, 4.69) is 5.43 Å². The van der Waals surface area contributed by atoms with Gasteiger partial charge in [0.25, 0.3) is 5.56 Å². The lowest BCUT2D eigenvalue weighted by atomic mass is 10.2. The zero-order chi connectivity index (χ0) is 18.8. The first kappa shape index (κ1) is 16.9. The minimum absolute atomic E-state index is 0.158. The standard InChI is InChI=1S/C21H19N3O3/c1-14-7-10-17(27-14)13-22-24-20(15-8-11-16(26-2)12-9-15)23-19-6-4-3-5-18(19)21(24)25/h3-12,22H,13H2,1-2H3. The highest BCUT2D eigenvalue weighted by atomic mass is 16.5. The number of fused-ring (bicyclic) bond motifs is 1. The van der Waals surface area contributed by atoms with Gasteiger partial charge in [-0.1, -0.05) is 12.1 Å². The molecule has 0 fully saturated rings. The quantitative estimate of drug-likeness (QED) is 0.587. The van der Waals surface area contributed by atoms with E-state index < -0.39 is 0 Å². The van der Waals surface area contributed by atoms with Crippen LogP contribution in [0.2, 0.25) is 0 Å². The third kappa shape index (κ3) is 3.29. The van der Waals surface area contributed by atoms with Crippen molar-refractivity contribution in [1.29, 1.82) is 0 Å². The van der Waals surface area contributed by atoms with Gasteiger partial charge < -0.3 is 14.6 Å². The lowest BCUT2D eigenvalue weighted by Gasteiger charge is -2.15. The highest BCUT2D eigenvalue weighted by Crippen LogP contribution is 2.21. The first-order valence-corrected chi connectivity index (χ1v) is 8.61. The van der Waals surface area contributed by atoms with E-state index in [0.29, 0.717) is 23.3 Å². The van der Waals surface area contributed by atoms with E-state index in [1.54, 1.807) is 13.2 Å². The van der Waals surface area contributed by atoms with Gasteiger partial charge in [-0.05, 0) is 55.5 Å². The number of nitrogens with one attached hydrogen (secondary N) is 1. The van der Waals surface area contributed by atoms with Crippen molar-refractivity contribution in [2.45, 2.75) is 13.5 Å². The molecular formula is C21H19N3O3. The van der Waals surface area contributed by atoms with Gasteiger partial charge in [0.2, 0.25) is 0 Å². The monoisotopic (exact) mass is 361 g/mol. The summed E-state index contributed by atoms with van der Waals surface area (Å²) in [6.07, 6.45) is 0. The van der Waals surface area contributed by atoms with Crippen LogP contribution in [0.25, 0.3) is 22.3 Å². The molecule has 4 aromatic rings. The van der Waals surface area contributed by atoms with Crippen molar-refractivity contribution in [2.24, 2.45) is 0 Å². The lowest BCUT2D eigenvalue weighted by Crippen LogP contribution is -2.31. The number of para-hydroxylation sites is 1. The second kappa shape index (κ2) is 6.99. The molecule has 0 aliphatic heterocycles. The van der Waals surface area contributed by atoms with E-state index in [1.807, 2.05) is 61.5 Å². The van der Waals surface area contributed by atoms with Crippen LogP contribution in [0.15, 0.2) is 69.9 Å². The second-order valence-electron chi connectivity index (χ2n) is 6.17. The van der Waals surface area contributed by atoms with Gasteiger partial charge in [-0.2, -0.15) is 0 Å². The summed E-state index contributed by atoms with van der Waals surface area (Å²) >= 11 is 0. The first-order chi connectivity index (χ1) is 13.2. The predicted molar refractivity (Wildman–Crippen MR) is 105 cm³/mol. The van der Waals surface area contributed by atoms with E-state index in [-0.39, 0.29) is 5.56 Å². The normalized spacial score (nSPS) is 10.9. The highest BCUT2D eigenvalue weighted by molar-refractivity contribution is 5.79. The number of nitrogens with zero attached hydrogens (tertiary/aromatic N) is 2. The van der Waals surface area contributed by atoms with Crippen molar-refractivity contribution in [1.82, 2.24) is 9.66 Å². The van der Waals surface area contributed by atoms with Crippen LogP contribution < -0.4 is 15.7 Å². The van der Waals surface area contributed by atoms with Crippen molar-refractivity contribution >= 4 is 10.9 Å². The maximum absolute atomic E-state index is 13.1. The Morgan fingerprint density at radius 2 is 1.85 bits per heavy atom. The number of methoxy groups -OCH3 is 1. The van der Waals surface area contributed by atoms with Gasteiger partial charge >= 0.3 is 0 Å². The fourth-order valence-corrected chi connectivity index (χ4v) is 2.95. The Morgan fingerprint density at radius 1 is 1.07 bits per heavy atom. The van der Waals surface area contributed by atoms with Crippen LogP contribution in [0.5, 0.6) is 5.75 Å². The number of aromatic nitrogens is 2. The summed E-state index contributed by atoms with van der Waals surface area (Å²) in [5, 5.41) is 0.554. The third-order valence-corrected chi connectivity index (χ3v) is 4.33. The number of rotatable bonds is 5. The Hall–Kier alpha value is -3.54. The predicted octanol–water partition coefficient (Wildman–Crippen LogP) is 3.72. The SMILES string of the molecule is COc1ccc(-c2nc3ccccc3c(=O)n2NCc2ccc(C)o2)cc1. The summed E-state index contributed by atoms with van der Waals surface area (Å²) in [6.45, 7) is 2.26. The van der Waals surface area contributed by atoms with Gasteiger partial charge in [-0.25, -0.2) is 9.66 Å². The molecule has 0 saturated carbocycles. The van der Waals surface area contributed by atoms with Crippen molar-refractivity contribution < 1.29 is 9.15 Å². The minimum atomic E-state index is -0.158. The van der Waals surface area contributed by atoms with Crippen LogP contribution in [0.4, 0.5) is 0 Å². The molecule has 2 aromatic carbocycles. The molecule has 0 saturated heterocycles. The molecule has 6 heteroatoms. The average molecular weight is 361 g/mol. The summed E-state index contributed by atoms with van der Waals surface area (Å²) in [5.74, 6) is 2.84. The number of hydrogen-bond donors (Lipinski definition) is 1. The molecule has 0 unspecified atom stereocenters. The minimum Gasteiger partial charge on any atom is -0.497 e. The number of benzene rings is 2. The summed E-state index contributed by atoms with van der Waals surface area (Å²) in [5.41, 5.74) is 4.45. The molecular weight excluding hydrogens is 342 g/mol. The van der Waals surface area contributed by atoms with E-state index in [9.17, 15) is 4.79 Å². The van der Waals surface area contributed by atoms with E-state index in [4.69, 9.17) is 14.1 Å². The maximum atomic E-state index is 13.1. The smallest absolute Gasteiger partial charge is 0.280 e. The van der Waals surface area contributed by atoms with Crippen LogP contribution in [0.1, 0.15) is 11.5 Å². The van der Waals surface area contributed by atoms with Crippen LogP contribution in [-0.4, -0.2) is 16.8 Å². The summed E-state index contributed by atoms with van der Waals surface area (Å²) in [6, 6.07) is 18.5. The zero-order valence-corrected chi connectivity index (χ0v) is 15.1. The van der Waals surface area contributed by atoms with Gasteiger partial charge in [0.1, 0.15) is 17.3 Å². The molecule has 4 rings (SSSR count). The molecule has 0 aliphatic carbocycles. The maximum Gasteiger partial charge on any atom is 0.280 e. The number of aryl methyl sites for hydroxylation is 1. The lowest BCUT2D eigenvalue weighted by molar-refractivity contribution is 0.415. The summed E-state index contributed by atoms with van der Waals surface area (Å²) < 4.78 is 12.3. The summed E-state index contributed by atoms with van der Waals surface area (Å²) in [7, 11) is 1.62. The topological polar surface area (TPSA) is 69.3 Å². The molecule has 1 N–H and O–H groups in total. The van der Waals surface area contributed by atoms with Gasteiger partial charge in [-0.15, -0.1) is 0 Å². The molecule has 0 amide bonds. The summed E-state index contributed by atoms with van der Waals surface area (Å²) in [4.78, 5) is 17.8. The number of ether oxygens (including phenoxy) is 1. The Morgan fingerprint density at radius 3 is 2.56 bits per heavy atom. The van der Waals surface area contributed by atoms with Crippen LogP contribution >= 0.6 is 0 Å². The van der Waals surface area contributed by atoms with Crippen molar-refractivity contribution in [3.05, 3.63) is 82.5 Å². The van der Waals surface area contributed by atoms with E-state index >= 15 is 0 Å². The van der Waals surface area contributed by atoms with E-state index in [1.165, 1.54) is 4.68 Å². The molecule has 27 heavy (non-hydrogen) atoms. The molecule has 0 spiro atoms. The van der Waals surface area contributed by atoms with Gasteiger partial charge in [0, 0.05) is 5.56 Å². The van der Waals surface area contributed by atoms with Crippen LogP contribution in [-0.2, 0) is 6.54 Å². The Kier molecular flexibility index (Phi) is 4.38. The molecule has 136 valence electrons. The average Bonchev–Trinajstić information content (AvgIpc) is 3.12. The molecule has 0 bridgehead atoms. The second-order valence-corrected chi connectivity index (χ2v) is 6.17. The molecule has 2 heterocycles. The van der Waals surface area contributed by atoms with Crippen LogP contribution in [0.3, 0.4) is 0 Å². The highest BCUT2D eigenvalue weighted by Gasteiger charge is 2.13. The first-order valence-electron chi connectivity index (χ1n) is 8.61. The number of hydrogen-bond acceptors (Lipinski definition) is 5. The third-order valence-electron chi connectivity index (χ3n) is 4.33. The van der Waals surface area contributed by atoms with Crippen LogP contribution in [0, 0.1) is 6.92 Å². The molecule has 0 aliphatic rings. The van der Waals surface area contributed by atoms with Gasteiger partial charge in [-0.3, -0.25) is 4.79 Å². The van der Waals surface area contributed by atoms with Crippen molar-refractivity contribution in [3.8, 4) is 17.1 Å². The van der Waals surface area contributed by atoms with Gasteiger partial charge in [0.05, 0.1) is 24.6 Å². The fraction of sp³-hybridized carbons (Fsp3) is 0.143. The molecule has 0 atom stereocenters. The molecule has 0 radical (unpaired) electrons. The number of furan rings is 1. The van der Waals surface area contributed by atoms with Gasteiger partial charge in [0.15, 0.2) is 5.82 Å². The Bertz CT molecular complexity index is 1140. The van der Waals surface area contributed by atoms with Crippen molar-refractivity contribution in [2.75, 3.05) is 12.5 Å². The Labute approximate surface area is 156 Å². The molecule has 2 aromatic heterocycles. The largest absolute Gasteiger partial charge is 0.497 e. The van der Waals surface area contributed by atoms with Crippen molar-refractivity contribution in [3.63, 3.8) is 0 Å². The zero-order valence-electron chi connectivity index (χ0n) is 15.1.